The molecule has 0 aliphatic heterocycles. The molecular formula is C5H8N4O2. The number of tetrazole rings is 1. The molecule has 1 aromatic heterocycles. The number of carboxylic acids is 1. The molecule has 0 saturated carbocycles. The van der Waals surface area contributed by atoms with Gasteiger partial charge in [0.1, 0.15) is 0 Å². The Morgan fingerprint density at radius 2 is 2.27 bits per heavy atom. The van der Waals surface area contributed by atoms with Crippen molar-refractivity contribution in [2.75, 3.05) is 0 Å². The molecule has 0 spiro atoms. The number of carbonyl (C=O) groups is 1. The van der Waals surface area contributed by atoms with Gasteiger partial charge in [0.2, 0.25) is 0 Å². The van der Waals surface area contributed by atoms with Gasteiger partial charge in [-0.1, -0.05) is 0 Å². The van der Waals surface area contributed by atoms with E-state index in [0.717, 1.165) is 0 Å². The lowest BCUT2D eigenvalue weighted by Gasteiger charge is -2.03. The van der Waals surface area contributed by atoms with Gasteiger partial charge in [0, 0.05) is 0 Å². The summed E-state index contributed by atoms with van der Waals surface area (Å²) in [5.74, 6) is -1.23. The van der Waals surface area contributed by atoms with Gasteiger partial charge >= 0.3 is 5.97 Å². The zero-order chi connectivity index (χ0) is 8.43. The fourth-order valence-electron chi connectivity index (χ4n) is 0.682. The summed E-state index contributed by atoms with van der Waals surface area (Å²) in [5, 5.41) is 18.6. The summed E-state index contributed by atoms with van der Waals surface area (Å²) in [7, 11) is 0. The molecule has 0 amide bonds. The van der Waals surface area contributed by atoms with Crippen LogP contribution in [0.1, 0.15) is 30.5 Å². The number of hydrogen-bond donors (Lipinski definition) is 1. The van der Waals surface area contributed by atoms with Crippen LogP contribution in [-0.2, 0) is 0 Å². The normalized spacial score (nSPS) is 10.5. The topological polar surface area (TPSA) is 80.9 Å². The van der Waals surface area contributed by atoms with E-state index in [9.17, 15) is 4.79 Å². The van der Waals surface area contributed by atoms with E-state index in [-0.39, 0.29) is 11.9 Å². The predicted molar refractivity (Wildman–Crippen MR) is 35.2 cm³/mol. The Labute approximate surface area is 62.8 Å². The van der Waals surface area contributed by atoms with Gasteiger partial charge in [-0.15, -0.1) is 5.10 Å². The van der Waals surface area contributed by atoms with Gasteiger partial charge in [0.05, 0.1) is 6.04 Å². The van der Waals surface area contributed by atoms with Gasteiger partial charge < -0.3 is 5.11 Å². The van der Waals surface area contributed by atoms with Crippen LogP contribution in [0.3, 0.4) is 0 Å². The molecule has 1 N–H and O–H groups in total. The minimum Gasteiger partial charge on any atom is -0.475 e. The molecule has 11 heavy (non-hydrogen) atoms. The molecule has 6 heteroatoms. The van der Waals surface area contributed by atoms with E-state index < -0.39 is 5.97 Å². The fourth-order valence-corrected chi connectivity index (χ4v) is 0.682. The molecule has 0 bridgehead atoms. The van der Waals surface area contributed by atoms with Crippen LogP contribution in [0.15, 0.2) is 0 Å². The van der Waals surface area contributed by atoms with Crippen molar-refractivity contribution in [3.05, 3.63) is 5.82 Å². The number of aromatic nitrogens is 4. The number of nitrogens with zero attached hydrogens (tertiary/aromatic N) is 4. The summed E-state index contributed by atoms with van der Waals surface area (Å²) in [5.41, 5.74) is 0. The largest absolute Gasteiger partial charge is 0.475 e. The summed E-state index contributed by atoms with van der Waals surface area (Å²) in [6.45, 7) is 3.62. The third-order valence-electron chi connectivity index (χ3n) is 1.17. The van der Waals surface area contributed by atoms with Gasteiger partial charge in [-0.3, -0.25) is 0 Å². The fraction of sp³-hybridized carbons (Fsp3) is 0.600. The standard InChI is InChI=1S/C5H8N4O2/c1-3(2)9-4(5(10)11)6-7-8-9/h3H,1-2H3,(H,10,11). The van der Waals surface area contributed by atoms with Gasteiger partial charge in [0.25, 0.3) is 5.82 Å². The Bertz CT molecular complexity index is 267. The van der Waals surface area contributed by atoms with Gasteiger partial charge in [0.15, 0.2) is 0 Å². The van der Waals surface area contributed by atoms with Crippen molar-refractivity contribution in [2.24, 2.45) is 0 Å². The SMILES string of the molecule is CC(C)n1nnnc1C(=O)O. The molecule has 0 unspecified atom stereocenters. The van der Waals surface area contributed by atoms with Crippen LogP contribution < -0.4 is 0 Å². The molecular weight excluding hydrogens is 148 g/mol. The molecule has 0 aromatic carbocycles. The van der Waals surface area contributed by atoms with Crippen LogP contribution in [0.25, 0.3) is 0 Å². The first kappa shape index (κ1) is 7.64. The number of rotatable bonds is 2. The second-order valence-corrected chi connectivity index (χ2v) is 2.35. The molecule has 0 atom stereocenters. The van der Waals surface area contributed by atoms with E-state index in [4.69, 9.17) is 5.11 Å². The van der Waals surface area contributed by atoms with Crippen molar-refractivity contribution in [3.63, 3.8) is 0 Å². The lowest BCUT2D eigenvalue weighted by atomic mass is 10.4. The Balaban J connectivity index is 3.06. The maximum atomic E-state index is 10.4. The monoisotopic (exact) mass is 156 g/mol. The molecule has 1 heterocycles. The average Bonchev–Trinajstić information content (AvgIpc) is 2.32. The zero-order valence-electron chi connectivity index (χ0n) is 6.22. The van der Waals surface area contributed by atoms with Crippen molar-refractivity contribution >= 4 is 5.97 Å². The predicted octanol–water partition coefficient (Wildman–Crippen LogP) is -0.0478. The quantitative estimate of drug-likeness (QED) is 0.649. The molecule has 0 radical (unpaired) electrons. The number of hydrogen-bond acceptors (Lipinski definition) is 4. The van der Waals surface area contributed by atoms with Crippen molar-refractivity contribution in [1.29, 1.82) is 0 Å². The molecule has 1 rings (SSSR count). The average molecular weight is 156 g/mol. The summed E-state index contributed by atoms with van der Waals surface area (Å²) >= 11 is 0. The summed E-state index contributed by atoms with van der Waals surface area (Å²) in [4.78, 5) is 10.4. The van der Waals surface area contributed by atoms with Crippen molar-refractivity contribution in [3.8, 4) is 0 Å². The lowest BCUT2D eigenvalue weighted by molar-refractivity contribution is 0.0674. The molecule has 6 nitrogen and oxygen atoms in total. The molecule has 60 valence electrons. The lowest BCUT2D eigenvalue weighted by Crippen LogP contribution is -2.12. The van der Waals surface area contributed by atoms with Gasteiger partial charge in [-0.05, 0) is 24.3 Å². The maximum Gasteiger partial charge on any atom is 0.375 e. The maximum absolute atomic E-state index is 10.4. The van der Waals surface area contributed by atoms with Crippen molar-refractivity contribution in [1.82, 2.24) is 20.2 Å². The Kier molecular flexibility index (Phi) is 1.84. The number of carboxylic acid groups (broad SMARTS) is 1. The van der Waals surface area contributed by atoms with Crippen LogP contribution in [-0.4, -0.2) is 31.3 Å². The summed E-state index contributed by atoms with van der Waals surface area (Å²) < 4.78 is 1.25. The van der Waals surface area contributed by atoms with Crippen LogP contribution in [0.5, 0.6) is 0 Å². The van der Waals surface area contributed by atoms with E-state index in [1.165, 1.54) is 4.68 Å². The van der Waals surface area contributed by atoms with Crippen LogP contribution >= 0.6 is 0 Å². The highest BCUT2D eigenvalue weighted by molar-refractivity contribution is 5.83. The highest BCUT2D eigenvalue weighted by Crippen LogP contribution is 2.02. The van der Waals surface area contributed by atoms with E-state index in [1.54, 1.807) is 0 Å². The Hall–Kier alpha value is -1.46. The molecule has 0 fully saturated rings. The zero-order valence-corrected chi connectivity index (χ0v) is 6.22. The second kappa shape index (κ2) is 2.65. The van der Waals surface area contributed by atoms with E-state index in [1.807, 2.05) is 13.8 Å². The van der Waals surface area contributed by atoms with E-state index in [2.05, 4.69) is 15.5 Å². The van der Waals surface area contributed by atoms with Gasteiger partial charge in [-0.2, -0.15) is 0 Å². The summed E-state index contributed by atoms with van der Waals surface area (Å²) in [6, 6.07) is -0.0314. The highest BCUT2D eigenvalue weighted by Gasteiger charge is 2.15. The summed E-state index contributed by atoms with van der Waals surface area (Å²) in [6.07, 6.45) is 0. The first-order chi connectivity index (χ1) is 5.13. The third kappa shape index (κ3) is 1.34. The smallest absolute Gasteiger partial charge is 0.375 e. The molecule has 0 aliphatic rings. The second-order valence-electron chi connectivity index (χ2n) is 2.35. The molecule has 0 aliphatic carbocycles. The Morgan fingerprint density at radius 1 is 1.64 bits per heavy atom. The van der Waals surface area contributed by atoms with E-state index in [0.29, 0.717) is 0 Å². The van der Waals surface area contributed by atoms with Crippen molar-refractivity contribution < 1.29 is 9.90 Å². The first-order valence-electron chi connectivity index (χ1n) is 3.14. The van der Waals surface area contributed by atoms with E-state index >= 15 is 0 Å². The highest BCUT2D eigenvalue weighted by atomic mass is 16.4. The van der Waals surface area contributed by atoms with Crippen molar-refractivity contribution in [2.45, 2.75) is 19.9 Å². The Morgan fingerprint density at radius 3 is 2.64 bits per heavy atom. The number of aromatic carboxylic acids is 1. The minimum atomic E-state index is -1.11. The van der Waals surface area contributed by atoms with Crippen LogP contribution in [0, 0.1) is 0 Å². The minimum absolute atomic E-state index is 0.0314. The molecule has 0 saturated heterocycles. The molecule has 1 aromatic rings. The van der Waals surface area contributed by atoms with Crippen LogP contribution in [0.2, 0.25) is 0 Å². The van der Waals surface area contributed by atoms with Crippen LogP contribution in [0.4, 0.5) is 0 Å². The first-order valence-corrected chi connectivity index (χ1v) is 3.14. The third-order valence-corrected chi connectivity index (χ3v) is 1.17. The van der Waals surface area contributed by atoms with Gasteiger partial charge in [-0.25, -0.2) is 9.48 Å².